The standard InChI is InChI=1S/C15H15BrN2O4S/c1-17(10-11-6-8-12(16)9-7-11)13-4-3-5-14(23(2,21)22)15(13)18(19)20/h3-9H,10H2,1-2H3. The van der Waals surface area contributed by atoms with Crippen LogP contribution < -0.4 is 4.90 Å². The zero-order valence-corrected chi connectivity index (χ0v) is 15.0. The Morgan fingerprint density at radius 2 is 1.78 bits per heavy atom. The Hall–Kier alpha value is -1.93. The fourth-order valence-electron chi connectivity index (χ4n) is 2.25. The Balaban J connectivity index is 2.46. The smallest absolute Gasteiger partial charge is 0.311 e. The number of para-hydroxylation sites is 1. The number of benzene rings is 2. The Bertz CT molecular complexity index is 835. The summed E-state index contributed by atoms with van der Waals surface area (Å²) >= 11 is 3.35. The summed E-state index contributed by atoms with van der Waals surface area (Å²) in [5, 5.41) is 11.4. The molecule has 0 saturated carbocycles. The SMILES string of the molecule is CN(Cc1ccc(Br)cc1)c1cccc(S(C)(=O)=O)c1[N+](=O)[O-]. The summed E-state index contributed by atoms with van der Waals surface area (Å²) in [5.74, 6) is 0. The molecule has 0 N–H and O–H groups in total. The number of anilines is 1. The van der Waals surface area contributed by atoms with Crippen LogP contribution >= 0.6 is 15.9 Å². The molecular weight excluding hydrogens is 384 g/mol. The van der Waals surface area contributed by atoms with Crippen LogP contribution in [0.25, 0.3) is 0 Å². The number of rotatable bonds is 5. The van der Waals surface area contributed by atoms with Crippen molar-refractivity contribution in [3.8, 4) is 0 Å². The quantitative estimate of drug-likeness (QED) is 0.569. The van der Waals surface area contributed by atoms with Gasteiger partial charge >= 0.3 is 5.69 Å². The van der Waals surface area contributed by atoms with Crippen LogP contribution in [0, 0.1) is 10.1 Å². The van der Waals surface area contributed by atoms with Gasteiger partial charge in [0.1, 0.15) is 10.6 Å². The van der Waals surface area contributed by atoms with E-state index < -0.39 is 20.4 Å². The molecular formula is C15H15BrN2O4S. The van der Waals surface area contributed by atoms with Gasteiger partial charge in [-0.25, -0.2) is 8.42 Å². The minimum absolute atomic E-state index is 0.265. The molecule has 2 aromatic carbocycles. The van der Waals surface area contributed by atoms with Gasteiger partial charge in [-0.05, 0) is 29.8 Å². The molecule has 0 radical (unpaired) electrons. The molecule has 8 heteroatoms. The van der Waals surface area contributed by atoms with Crippen LogP contribution in [0.2, 0.25) is 0 Å². The van der Waals surface area contributed by atoms with E-state index in [1.54, 1.807) is 18.0 Å². The van der Waals surface area contributed by atoms with E-state index >= 15 is 0 Å². The van der Waals surface area contributed by atoms with E-state index in [9.17, 15) is 18.5 Å². The summed E-state index contributed by atoms with van der Waals surface area (Å²) in [6, 6.07) is 11.9. The molecule has 0 atom stereocenters. The van der Waals surface area contributed by atoms with E-state index in [1.807, 2.05) is 24.3 Å². The van der Waals surface area contributed by atoms with Crippen molar-refractivity contribution in [1.82, 2.24) is 0 Å². The van der Waals surface area contributed by atoms with Crippen molar-refractivity contribution >= 4 is 37.1 Å². The Labute approximate surface area is 142 Å². The van der Waals surface area contributed by atoms with E-state index in [1.165, 1.54) is 12.1 Å². The van der Waals surface area contributed by atoms with Crippen LogP contribution in [0.15, 0.2) is 51.8 Å². The number of nitro groups is 1. The third kappa shape index (κ3) is 4.08. The summed E-state index contributed by atoms with van der Waals surface area (Å²) in [6.45, 7) is 0.418. The van der Waals surface area contributed by atoms with Crippen LogP contribution in [0.5, 0.6) is 0 Å². The lowest BCUT2D eigenvalue weighted by atomic mass is 10.2. The first-order valence-corrected chi connectivity index (χ1v) is 9.31. The third-order valence-electron chi connectivity index (χ3n) is 3.30. The maximum atomic E-state index is 11.8. The first-order valence-electron chi connectivity index (χ1n) is 6.63. The van der Waals surface area contributed by atoms with Gasteiger partial charge < -0.3 is 4.90 Å². The summed E-state index contributed by atoms with van der Waals surface area (Å²) < 4.78 is 24.5. The molecule has 0 aliphatic heterocycles. The summed E-state index contributed by atoms with van der Waals surface area (Å²) in [6.07, 6.45) is 0.966. The maximum Gasteiger partial charge on any atom is 0.311 e. The largest absolute Gasteiger partial charge is 0.365 e. The molecule has 122 valence electrons. The van der Waals surface area contributed by atoms with Crippen LogP contribution in [-0.2, 0) is 16.4 Å². The average Bonchev–Trinajstić information content (AvgIpc) is 2.47. The van der Waals surface area contributed by atoms with Crippen molar-refractivity contribution in [3.05, 3.63) is 62.6 Å². The lowest BCUT2D eigenvalue weighted by molar-refractivity contribution is -0.387. The van der Waals surface area contributed by atoms with Crippen LogP contribution in [0.4, 0.5) is 11.4 Å². The lowest BCUT2D eigenvalue weighted by Gasteiger charge is -2.20. The van der Waals surface area contributed by atoms with Crippen molar-refractivity contribution < 1.29 is 13.3 Å². The zero-order valence-electron chi connectivity index (χ0n) is 12.6. The molecule has 0 fully saturated rings. The fraction of sp³-hybridized carbons (Fsp3) is 0.200. The normalized spacial score (nSPS) is 11.3. The zero-order chi connectivity index (χ0) is 17.2. The van der Waals surface area contributed by atoms with Crippen molar-refractivity contribution in [2.45, 2.75) is 11.4 Å². The van der Waals surface area contributed by atoms with E-state index in [-0.39, 0.29) is 10.6 Å². The highest BCUT2D eigenvalue weighted by Gasteiger charge is 2.27. The van der Waals surface area contributed by atoms with Crippen LogP contribution in [0.3, 0.4) is 0 Å². The van der Waals surface area contributed by atoms with Gasteiger partial charge in [0.2, 0.25) is 0 Å². The number of nitro benzene ring substituents is 1. The van der Waals surface area contributed by atoms with Gasteiger partial charge in [0, 0.05) is 24.3 Å². The molecule has 23 heavy (non-hydrogen) atoms. The molecule has 0 unspecified atom stereocenters. The molecule has 0 aromatic heterocycles. The predicted octanol–water partition coefficient (Wildman–Crippen LogP) is 3.40. The van der Waals surface area contributed by atoms with Gasteiger partial charge in [0.15, 0.2) is 9.84 Å². The minimum atomic E-state index is -3.69. The van der Waals surface area contributed by atoms with E-state index in [4.69, 9.17) is 0 Å². The summed E-state index contributed by atoms with van der Waals surface area (Å²) in [4.78, 5) is 12.1. The van der Waals surface area contributed by atoms with Crippen LogP contribution in [0.1, 0.15) is 5.56 Å². The van der Waals surface area contributed by atoms with E-state index in [0.717, 1.165) is 16.3 Å². The highest BCUT2D eigenvalue weighted by atomic mass is 79.9. The molecule has 0 bridgehead atoms. The van der Waals surface area contributed by atoms with Crippen molar-refractivity contribution in [3.63, 3.8) is 0 Å². The summed E-state index contributed by atoms with van der Waals surface area (Å²) in [5.41, 5.74) is 0.824. The summed E-state index contributed by atoms with van der Waals surface area (Å²) in [7, 11) is -2.00. The van der Waals surface area contributed by atoms with E-state index in [0.29, 0.717) is 6.54 Å². The minimum Gasteiger partial charge on any atom is -0.365 e. The molecule has 0 aliphatic rings. The second-order valence-corrected chi connectivity index (χ2v) is 8.04. The maximum absolute atomic E-state index is 11.8. The number of hydrogen-bond donors (Lipinski definition) is 0. The monoisotopic (exact) mass is 398 g/mol. The Kier molecular flexibility index (Phi) is 5.06. The first-order chi connectivity index (χ1) is 10.7. The highest BCUT2D eigenvalue weighted by Crippen LogP contribution is 2.34. The number of sulfone groups is 1. The molecule has 0 aliphatic carbocycles. The molecule has 2 rings (SSSR count). The molecule has 2 aromatic rings. The lowest BCUT2D eigenvalue weighted by Crippen LogP contribution is -2.18. The first kappa shape index (κ1) is 17.4. The van der Waals surface area contributed by atoms with Gasteiger partial charge in [-0.3, -0.25) is 10.1 Å². The van der Waals surface area contributed by atoms with E-state index in [2.05, 4.69) is 15.9 Å². The second-order valence-electron chi connectivity index (χ2n) is 5.14. The van der Waals surface area contributed by atoms with Crippen molar-refractivity contribution in [1.29, 1.82) is 0 Å². The van der Waals surface area contributed by atoms with Crippen molar-refractivity contribution in [2.75, 3.05) is 18.2 Å². The second kappa shape index (κ2) is 6.67. The molecule has 0 saturated heterocycles. The average molecular weight is 399 g/mol. The van der Waals surface area contributed by atoms with Gasteiger partial charge in [-0.1, -0.05) is 34.1 Å². The highest BCUT2D eigenvalue weighted by molar-refractivity contribution is 9.10. The predicted molar refractivity (Wildman–Crippen MR) is 92.5 cm³/mol. The number of halogens is 1. The fourth-order valence-corrected chi connectivity index (χ4v) is 3.37. The Morgan fingerprint density at radius 3 is 2.30 bits per heavy atom. The van der Waals surface area contributed by atoms with Crippen LogP contribution in [-0.4, -0.2) is 26.6 Å². The van der Waals surface area contributed by atoms with Gasteiger partial charge in [0.05, 0.1) is 4.92 Å². The van der Waals surface area contributed by atoms with Gasteiger partial charge in [-0.2, -0.15) is 0 Å². The number of hydrogen-bond acceptors (Lipinski definition) is 5. The van der Waals surface area contributed by atoms with Crippen molar-refractivity contribution in [2.24, 2.45) is 0 Å². The molecule has 6 nitrogen and oxygen atoms in total. The van der Waals surface area contributed by atoms with Gasteiger partial charge in [0.25, 0.3) is 0 Å². The Morgan fingerprint density at radius 1 is 1.17 bits per heavy atom. The molecule has 0 spiro atoms. The number of nitrogens with zero attached hydrogens (tertiary/aromatic N) is 2. The molecule has 0 amide bonds. The molecule has 0 heterocycles. The third-order valence-corrected chi connectivity index (χ3v) is 4.96. The topological polar surface area (TPSA) is 80.5 Å². The van der Waals surface area contributed by atoms with Gasteiger partial charge in [-0.15, -0.1) is 0 Å².